The van der Waals surface area contributed by atoms with Gasteiger partial charge >= 0.3 is 0 Å². The van der Waals surface area contributed by atoms with Crippen molar-refractivity contribution in [3.8, 4) is 0 Å². The molecular weight excluding hydrogens is 198 g/mol. The second-order valence-electron chi connectivity index (χ2n) is 4.60. The van der Waals surface area contributed by atoms with Crippen molar-refractivity contribution >= 4 is 5.91 Å². The van der Waals surface area contributed by atoms with E-state index in [0.717, 1.165) is 19.5 Å². The fraction of sp³-hybridized carbons (Fsp3) is 0.500. The minimum atomic E-state index is 0.214. The quantitative estimate of drug-likeness (QED) is 0.762. The van der Waals surface area contributed by atoms with Crippen LogP contribution in [0, 0.1) is 0 Å². The van der Waals surface area contributed by atoms with Gasteiger partial charge in [0.1, 0.15) is 0 Å². The molecule has 1 aromatic rings. The molecule has 1 saturated heterocycles. The van der Waals surface area contributed by atoms with Gasteiger partial charge in [-0.05, 0) is 12.0 Å². The highest BCUT2D eigenvalue weighted by molar-refractivity contribution is 5.77. The van der Waals surface area contributed by atoms with Crippen LogP contribution >= 0.6 is 0 Å². The van der Waals surface area contributed by atoms with Gasteiger partial charge in [-0.1, -0.05) is 44.2 Å². The molecule has 1 fully saturated rings. The molecule has 0 unspecified atom stereocenters. The molecule has 0 bridgehead atoms. The molecule has 0 saturated carbocycles. The van der Waals surface area contributed by atoms with Crippen molar-refractivity contribution in [3.63, 3.8) is 0 Å². The van der Waals surface area contributed by atoms with Crippen molar-refractivity contribution < 1.29 is 4.79 Å². The summed E-state index contributed by atoms with van der Waals surface area (Å²) in [6, 6.07) is 10.6. The van der Waals surface area contributed by atoms with E-state index in [1.807, 2.05) is 17.9 Å². The molecule has 16 heavy (non-hydrogen) atoms. The van der Waals surface area contributed by atoms with Gasteiger partial charge in [-0.2, -0.15) is 0 Å². The molecule has 0 N–H and O–H groups in total. The first-order valence-corrected chi connectivity index (χ1v) is 6.05. The van der Waals surface area contributed by atoms with Crippen LogP contribution in [-0.2, 0) is 10.2 Å². The Kier molecular flexibility index (Phi) is 2.99. The third-order valence-corrected chi connectivity index (χ3v) is 3.71. The topological polar surface area (TPSA) is 20.3 Å². The maximum absolute atomic E-state index is 11.6. The summed E-state index contributed by atoms with van der Waals surface area (Å²) in [7, 11) is 0. The molecule has 2 nitrogen and oxygen atoms in total. The molecule has 2 rings (SSSR count). The van der Waals surface area contributed by atoms with Crippen molar-refractivity contribution in [2.24, 2.45) is 0 Å². The third-order valence-electron chi connectivity index (χ3n) is 3.71. The zero-order valence-electron chi connectivity index (χ0n) is 10.1. The number of benzene rings is 1. The maximum atomic E-state index is 11.6. The summed E-state index contributed by atoms with van der Waals surface area (Å²) in [6.07, 6.45) is 1.72. The lowest BCUT2D eigenvalue weighted by Gasteiger charge is -2.50. The fourth-order valence-corrected chi connectivity index (χ4v) is 2.49. The lowest BCUT2D eigenvalue weighted by molar-refractivity contribution is -0.138. The maximum Gasteiger partial charge on any atom is 0.222 e. The van der Waals surface area contributed by atoms with E-state index in [1.165, 1.54) is 5.56 Å². The average molecular weight is 217 g/mol. The first-order valence-electron chi connectivity index (χ1n) is 6.05. The number of amides is 1. The fourth-order valence-electron chi connectivity index (χ4n) is 2.49. The first-order chi connectivity index (χ1) is 7.72. The Bertz CT molecular complexity index is 366. The summed E-state index contributed by atoms with van der Waals surface area (Å²) < 4.78 is 0. The monoisotopic (exact) mass is 217 g/mol. The Balaban J connectivity index is 2.12. The van der Waals surface area contributed by atoms with E-state index in [2.05, 4.69) is 31.2 Å². The van der Waals surface area contributed by atoms with Gasteiger partial charge in [-0.15, -0.1) is 0 Å². The van der Waals surface area contributed by atoms with Crippen molar-refractivity contribution in [2.45, 2.75) is 32.1 Å². The summed E-state index contributed by atoms with van der Waals surface area (Å²) in [5.74, 6) is 0.278. The smallest absolute Gasteiger partial charge is 0.222 e. The molecule has 2 heteroatoms. The summed E-state index contributed by atoms with van der Waals surface area (Å²) in [5, 5.41) is 0. The predicted molar refractivity (Wildman–Crippen MR) is 65.3 cm³/mol. The molecule has 1 amide bonds. The Hall–Kier alpha value is -1.31. The van der Waals surface area contributed by atoms with Gasteiger partial charge < -0.3 is 4.90 Å². The molecule has 1 aromatic carbocycles. The second-order valence-corrected chi connectivity index (χ2v) is 4.60. The number of hydrogen-bond donors (Lipinski definition) is 0. The van der Waals surface area contributed by atoms with Crippen LogP contribution < -0.4 is 0 Å². The molecular formula is C14H19NO. The van der Waals surface area contributed by atoms with Crippen molar-refractivity contribution in [2.75, 3.05) is 13.1 Å². The van der Waals surface area contributed by atoms with Crippen LogP contribution in [0.5, 0.6) is 0 Å². The molecule has 0 aliphatic carbocycles. The highest BCUT2D eigenvalue weighted by atomic mass is 16.2. The number of hydrogen-bond acceptors (Lipinski definition) is 1. The lowest BCUT2D eigenvalue weighted by Crippen LogP contribution is -2.60. The Morgan fingerprint density at radius 1 is 1.25 bits per heavy atom. The van der Waals surface area contributed by atoms with Gasteiger partial charge in [0, 0.05) is 24.9 Å². The Morgan fingerprint density at radius 3 is 2.38 bits per heavy atom. The normalized spacial score (nSPS) is 18.0. The largest absolute Gasteiger partial charge is 0.341 e. The predicted octanol–water partition coefficient (Wildman–Crippen LogP) is 2.59. The van der Waals surface area contributed by atoms with Gasteiger partial charge in [-0.25, -0.2) is 0 Å². The molecule has 1 aliphatic rings. The molecule has 0 aromatic heterocycles. The van der Waals surface area contributed by atoms with E-state index >= 15 is 0 Å². The number of likely N-dealkylation sites (tertiary alicyclic amines) is 1. The number of carbonyl (C=O) groups excluding carboxylic acids is 1. The van der Waals surface area contributed by atoms with E-state index in [1.54, 1.807) is 0 Å². The third kappa shape index (κ3) is 1.73. The van der Waals surface area contributed by atoms with Crippen LogP contribution in [0.1, 0.15) is 32.3 Å². The van der Waals surface area contributed by atoms with E-state index in [4.69, 9.17) is 0 Å². The summed E-state index contributed by atoms with van der Waals surface area (Å²) in [6.45, 7) is 5.91. The number of carbonyl (C=O) groups is 1. The van der Waals surface area contributed by atoms with Crippen LogP contribution in [0.3, 0.4) is 0 Å². The minimum Gasteiger partial charge on any atom is -0.341 e. The standard InChI is InChI=1S/C14H19NO/c1-3-13(16)15-10-14(4-2,11-15)12-8-6-5-7-9-12/h5-9H,3-4,10-11H2,1-2H3. The van der Waals surface area contributed by atoms with Crippen LogP contribution in [0.15, 0.2) is 30.3 Å². The van der Waals surface area contributed by atoms with Gasteiger partial charge in [0.15, 0.2) is 0 Å². The van der Waals surface area contributed by atoms with Crippen LogP contribution in [-0.4, -0.2) is 23.9 Å². The molecule has 0 spiro atoms. The van der Waals surface area contributed by atoms with Crippen LogP contribution in [0.4, 0.5) is 0 Å². The second kappa shape index (κ2) is 4.28. The first kappa shape index (κ1) is 11.2. The van der Waals surface area contributed by atoms with Crippen molar-refractivity contribution in [1.82, 2.24) is 4.90 Å². The zero-order chi connectivity index (χ0) is 11.6. The Labute approximate surface area is 97.3 Å². The molecule has 0 atom stereocenters. The van der Waals surface area contributed by atoms with Crippen LogP contribution in [0.2, 0.25) is 0 Å². The van der Waals surface area contributed by atoms with Gasteiger partial charge in [0.2, 0.25) is 5.91 Å². The molecule has 0 radical (unpaired) electrons. The van der Waals surface area contributed by atoms with E-state index in [0.29, 0.717) is 6.42 Å². The zero-order valence-corrected chi connectivity index (χ0v) is 10.1. The Morgan fingerprint density at radius 2 is 1.88 bits per heavy atom. The van der Waals surface area contributed by atoms with E-state index in [-0.39, 0.29) is 11.3 Å². The summed E-state index contributed by atoms with van der Waals surface area (Å²) >= 11 is 0. The SMILES string of the molecule is CCC(=O)N1CC(CC)(c2ccccc2)C1. The summed E-state index contributed by atoms with van der Waals surface area (Å²) in [5.41, 5.74) is 1.59. The van der Waals surface area contributed by atoms with Crippen LogP contribution in [0.25, 0.3) is 0 Å². The average Bonchev–Trinajstić information content (AvgIpc) is 2.29. The highest BCUT2D eigenvalue weighted by Gasteiger charge is 2.44. The van der Waals surface area contributed by atoms with Gasteiger partial charge in [0.05, 0.1) is 0 Å². The van der Waals surface area contributed by atoms with Crippen molar-refractivity contribution in [1.29, 1.82) is 0 Å². The summed E-state index contributed by atoms with van der Waals surface area (Å²) in [4.78, 5) is 13.5. The lowest BCUT2D eigenvalue weighted by atomic mass is 9.71. The molecule has 1 aliphatic heterocycles. The van der Waals surface area contributed by atoms with E-state index < -0.39 is 0 Å². The molecule has 86 valence electrons. The minimum absolute atomic E-state index is 0.214. The molecule has 1 heterocycles. The highest BCUT2D eigenvalue weighted by Crippen LogP contribution is 2.37. The van der Waals surface area contributed by atoms with Crippen molar-refractivity contribution in [3.05, 3.63) is 35.9 Å². The number of nitrogens with zero attached hydrogens (tertiary/aromatic N) is 1. The van der Waals surface area contributed by atoms with Gasteiger partial charge in [0.25, 0.3) is 0 Å². The van der Waals surface area contributed by atoms with E-state index in [9.17, 15) is 4.79 Å². The number of rotatable bonds is 3. The van der Waals surface area contributed by atoms with Gasteiger partial charge in [-0.3, -0.25) is 4.79 Å².